The van der Waals surface area contributed by atoms with E-state index < -0.39 is 0 Å². The zero-order valence-electron chi connectivity index (χ0n) is 12.3. The minimum atomic E-state index is 0.218. The molecule has 0 amide bonds. The number of nitrogens with zero attached hydrogens (tertiary/aromatic N) is 1. The van der Waals surface area contributed by atoms with Gasteiger partial charge in [0.2, 0.25) is 0 Å². The first-order valence-electron chi connectivity index (χ1n) is 7.31. The van der Waals surface area contributed by atoms with Crippen molar-refractivity contribution in [2.75, 3.05) is 19.6 Å². The Morgan fingerprint density at radius 1 is 1.32 bits per heavy atom. The average Bonchev–Trinajstić information content (AvgIpc) is 2.78. The van der Waals surface area contributed by atoms with Crippen LogP contribution in [-0.4, -0.2) is 30.6 Å². The van der Waals surface area contributed by atoms with Gasteiger partial charge in [0.25, 0.3) is 0 Å². The molecule has 3 nitrogen and oxygen atoms in total. The number of rotatable bonds is 5. The maximum absolute atomic E-state index is 5.98. The first-order valence-corrected chi connectivity index (χ1v) is 7.31. The van der Waals surface area contributed by atoms with Crippen LogP contribution in [0.25, 0.3) is 0 Å². The third-order valence-corrected chi connectivity index (χ3v) is 3.76. The highest BCUT2D eigenvalue weighted by molar-refractivity contribution is 5.29. The SMILES string of the molecule is CC1CCN(C(CN)c2ccc(OC(C)C)cc2)C1. The Labute approximate surface area is 116 Å². The molecular weight excluding hydrogens is 236 g/mol. The van der Waals surface area contributed by atoms with Crippen molar-refractivity contribution in [1.82, 2.24) is 4.90 Å². The minimum absolute atomic E-state index is 0.218. The molecule has 2 rings (SSSR count). The fourth-order valence-electron chi connectivity index (χ4n) is 2.79. The van der Waals surface area contributed by atoms with Crippen molar-refractivity contribution in [3.63, 3.8) is 0 Å². The van der Waals surface area contributed by atoms with Crippen LogP contribution in [0.2, 0.25) is 0 Å². The highest BCUT2D eigenvalue weighted by atomic mass is 16.5. The van der Waals surface area contributed by atoms with Crippen LogP contribution in [0.15, 0.2) is 24.3 Å². The molecule has 1 aromatic carbocycles. The standard InChI is InChI=1S/C16H26N2O/c1-12(2)19-15-6-4-14(5-7-15)16(10-17)18-9-8-13(3)11-18/h4-7,12-13,16H,8-11,17H2,1-3H3. The van der Waals surface area contributed by atoms with E-state index in [1.807, 2.05) is 13.8 Å². The van der Waals surface area contributed by atoms with E-state index in [2.05, 4.69) is 36.1 Å². The molecule has 0 radical (unpaired) electrons. The van der Waals surface area contributed by atoms with E-state index in [0.717, 1.165) is 24.8 Å². The van der Waals surface area contributed by atoms with Crippen LogP contribution in [0, 0.1) is 5.92 Å². The predicted octanol–water partition coefficient (Wildman–Crippen LogP) is 2.82. The summed E-state index contributed by atoms with van der Waals surface area (Å²) >= 11 is 0. The van der Waals surface area contributed by atoms with E-state index in [0.29, 0.717) is 12.6 Å². The van der Waals surface area contributed by atoms with Gasteiger partial charge in [-0.1, -0.05) is 19.1 Å². The van der Waals surface area contributed by atoms with Gasteiger partial charge in [0.15, 0.2) is 0 Å². The monoisotopic (exact) mass is 262 g/mol. The molecule has 1 saturated heterocycles. The van der Waals surface area contributed by atoms with Gasteiger partial charge >= 0.3 is 0 Å². The lowest BCUT2D eigenvalue weighted by Crippen LogP contribution is -2.31. The second kappa shape index (κ2) is 6.40. The van der Waals surface area contributed by atoms with Crippen molar-refractivity contribution in [3.05, 3.63) is 29.8 Å². The molecule has 19 heavy (non-hydrogen) atoms. The Hall–Kier alpha value is -1.06. The molecule has 1 aliphatic heterocycles. The summed E-state index contributed by atoms with van der Waals surface area (Å²) in [7, 11) is 0. The molecule has 3 heteroatoms. The molecule has 1 aliphatic rings. The first kappa shape index (κ1) is 14.4. The molecule has 0 spiro atoms. The summed E-state index contributed by atoms with van der Waals surface area (Å²) < 4.78 is 5.68. The summed E-state index contributed by atoms with van der Waals surface area (Å²) in [4.78, 5) is 2.50. The molecule has 0 aromatic heterocycles. The summed E-state index contributed by atoms with van der Waals surface area (Å²) in [5, 5.41) is 0. The highest BCUT2D eigenvalue weighted by Crippen LogP contribution is 2.28. The molecule has 0 bridgehead atoms. The highest BCUT2D eigenvalue weighted by Gasteiger charge is 2.25. The molecule has 2 atom stereocenters. The van der Waals surface area contributed by atoms with E-state index in [1.54, 1.807) is 0 Å². The van der Waals surface area contributed by atoms with Gasteiger partial charge in [-0.25, -0.2) is 0 Å². The molecule has 0 saturated carbocycles. The molecule has 1 aromatic rings. The Morgan fingerprint density at radius 3 is 2.47 bits per heavy atom. The van der Waals surface area contributed by atoms with Gasteiger partial charge in [-0.3, -0.25) is 4.90 Å². The van der Waals surface area contributed by atoms with E-state index in [-0.39, 0.29) is 6.10 Å². The average molecular weight is 262 g/mol. The van der Waals surface area contributed by atoms with Crippen LogP contribution >= 0.6 is 0 Å². The summed E-state index contributed by atoms with van der Waals surface area (Å²) in [5.74, 6) is 1.72. The van der Waals surface area contributed by atoms with Crippen molar-refractivity contribution < 1.29 is 4.74 Å². The molecule has 2 unspecified atom stereocenters. The van der Waals surface area contributed by atoms with Crippen LogP contribution in [0.3, 0.4) is 0 Å². The number of ether oxygens (including phenoxy) is 1. The Kier molecular flexibility index (Phi) is 4.83. The zero-order valence-corrected chi connectivity index (χ0v) is 12.3. The lowest BCUT2D eigenvalue weighted by atomic mass is 10.1. The van der Waals surface area contributed by atoms with Gasteiger partial charge in [0.05, 0.1) is 6.10 Å². The van der Waals surface area contributed by atoms with Crippen LogP contribution < -0.4 is 10.5 Å². The van der Waals surface area contributed by atoms with E-state index >= 15 is 0 Å². The van der Waals surface area contributed by atoms with E-state index in [1.165, 1.54) is 12.0 Å². The van der Waals surface area contributed by atoms with Crippen molar-refractivity contribution in [2.24, 2.45) is 11.7 Å². The zero-order chi connectivity index (χ0) is 13.8. The fourth-order valence-corrected chi connectivity index (χ4v) is 2.79. The van der Waals surface area contributed by atoms with Gasteiger partial charge in [0, 0.05) is 19.1 Å². The maximum atomic E-state index is 5.98. The summed E-state index contributed by atoms with van der Waals surface area (Å²) in [6.07, 6.45) is 1.50. The second-order valence-electron chi connectivity index (χ2n) is 5.88. The van der Waals surface area contributed by atoms with Gasteiger partial charge in [-0.2, -0.15) is 0 Å². The van der Waals surface area contributed by atoms with Gasteiger partial charge < -0.3 is 10.5 Å². The van der Waals surface area contributed by atoms with Crippen LogP contribution in [0.4, 0.5) is 0 Å². The summed E-state index contributed by atoms with van der Waals surface area (Å²) in [6, 6.07) is 8.75. The van der Waals surface area contributed by atoms with Crippen LogP contribution in [0.1, 0.15) is 38.8 Å². The van der Waals surface area contributed by atoms with Crippen LogP contribution in [0.5, 0.6) is 5.75 Å². The maximum Gasteiger partial charge on any atom is 0.119 e. The number of likely N-dealkylation sites (tertiary alicyclic amines) is 1. The largest absolute Gasteiger partial charge is 0.491 e. The predicted molar refractivity (Wildman–Crippen MR) is 79.4 cm³/mol. The van der Waals surface area contributed by atoms with Gasteiger partial charge in [-0.05, 0) is 50.4 Å². The third-order valence-electron chi connectivity index (χ3n) is 3.76. The first-order chi connectivity index (χ1) is 9.10. The van der Waals surface area contributed by atoms with Crippen molar-refractivity contribution in [3.8, 4) is 5.75 Å². The lowest BCUT2D eigenvalue weighted by Gasteiger charge is -2.27. The smallest absolute Gasteiger partial charge is 0.119 e. The molecule has 1 fully saturated rings. The van der Waals surface area contributed by atoms with Gasteiger partial charge in [-0.15, -0.1) is 0 Å². The molecule has 1 heterocycles. The van der Waals surface area contributed by atoms with E-state index in [9.17, 15) is 0 Å². The van der Waals surface area contributed by atoms with Crippen molar-refractivity contribution >= 4 is 0 Å². The molecule has 0 aliphatic carbocycles. The summed E-state index contributed by atoms with van der Waals surface area (Å²) in [6.45, 7) is 9.40. The number of hydrogen-bond acceptors (Lipinski definition) is 3. The Balaban J connectivity index is 2.06. The molecule has 106 valence electrons. The lowest BCUT2D eigenvalue weighted by molar-refractivity contribution is 0.238. The van der Waals surface area contributed by atoms with Crippen molar-refractivity contribution in [2.45, 2.75) is 39.3 Å². The minimum Gasteiger partial charge on any atom is -0.491 e. The summed E-state index contributed by atoms with van der Waals surface area (Å²) in [5.41, 5.74) is 7.27. The van der Waals surface area contributed by atoms with Crippen LogP contribution in [-0.2, 0) is 0 Å². The van der Waals surface area contributed by atoms with Gasteiger partial charge in [0.1, 0.15) is 5.75 Å². The Morgan fingerprint density at radius 2 is 2.00 bits per heavy atom. The normalized spacial score (nSPS) is 21.8. The quantitative estimate of drug-likeness (QED) is 0.887. The number of hydrogen-bond donors (Lipinski definition) is 1. The second-order valence-corrected chi connectivity index (χ2v) is 5.88. The van der Waals surface area contributed by atoms with E-state index in [4.69, 9.17) is 10.5 Å². The number of benzene rings is 1. The third kappa shape index (κ3) is 3.71. The van der Waals surface area contributed by atoms with Crippen molar-refractivity contribution in [1.29, 1.82) is 0 Å². The molecular formula is C16H26N2O. The fraction of sp³-hybridized carbons (Fsp3) is 0.625. The number of nitrogens with two attached hydrogens (primary N) is 1. The Bertz CT molecular complexity index is 388. The molecule has 2 N–H and O–H groups in total. The topological polar surface area (TPSA) is 38.5 Å².